The Morgan fingerprint density at radius 3 is 2.27 bits per heavy atom. The Balaban J connectivity index is 2.43. The summed E-state index contributed by atoms with van der Waals surface area (Å²) in [6.07, 6.45) is 3.29. The van der Waals surface area contributed by atoms with E-state index in [4.69, 9.17) is 5.73 Å². The lowest BCUT2D eigenvalue weighted by Crippen LogP contribution is -2.32. The van der Waals surface area contributed by atoms with Gasteiger partial charge in [-0.15, -0.1) is 0 Å². The van der Waals surface area contributed by atoms with Crippen LogP contribution in [0.25, 0.3) is 0 Å². The summed E-state index contributed by atoms with van der Waals surface area (Å²) in [5, 5.41) is 5.52. The molecule has 0 fully saturated rings. The number of urea groups is 1. The fraction of sp³-hybridized carbons (Fsp3) is 0.529. The average molecular weight is 305 g/mol. The van der Waals surface area contributed by atoms with Gasteiger partial charge in [-0.25, -0.2) is 4.79 Å². The zero-order valence-electron chi connectivity index (χ0n) is 13.7. The molecular weight excluding hydrogens is 278 g/mol. The molecule has 1 aromatic rings. The maximum atomic E-state index is 12.1. The highest BCUT2D eigenvalue weighted by Crippen LogP contribution is 2.09. The molecule has 0 heterocycles. The highest BCUT2D eigenvalue weighted by atomic mass is 16.2. The molecule has 0 saturated carbocycles. The minimum absolute atomic E-state index is 0.0635. The highest BCUT2D eigenvalue weighted by molar-refractivity contribution is 5.94. The van der Waals surface area contributed by atoms with Crippen LogP contribution in [0.4, 0.5) is 4.79 Å². The van der Waals surface area contributed by atoms with Crippen LogP contribution in [0.15, 0.2) is 24.3 Å². The third-order valence-corrected chi connectivity index (χ3v) is 3.48. The van der Waals surface area contributed by atoms with Gasteiger partial charge in [-0.05, 0) is 37.0 Å². The van der Waals surface area contributed by atoms with Crippen molar-refractivity contribution in [1.82, 2.24) is 10.6 Å². The predicted octanol–water partition coefficient (Wildman–Crippen LogP) is 2.80. The largest absolute Gasteiger partial charge is 0.352 e. The van der Waals surface area contributed by atoms with Crippen molar-refractivity contribution in [2.45, 2.75) is 52.6 Å². The van der Waals surface area contributed by atoms with Crippen molar-refractivity contribution in [1.29, 1.82) is 0 Å². The Morgan fingerprint density at radius 2 is 1.73 bits per heavy atom. The van der Waals surface area contributed by atoms with Crippen molar-refractivity contribution in [2.24, 2.45) is 11.7 Å². The molecular formula is C17H27N3O2. The molecule has 122 valence electrons. The number of hydrogen-bond acceptors (Lipinski definition) is 2. The number of carbonyl (C=O) groups is 2. The maximum absolute atomic E-state index is 12.1. The van der Waals surface area contributed by atoms with Crippen molar-refractivity contribution in [2.75, 3.05) is 0 Å². The second kappa shape index (κ2) is 9.07. The monoisotopic (exact) mass is 305 g/mol. The number of benzene rings is 1. The van der Waals surface area contributed by atoms with Crippen molar-refractivity contribution < 1.29 is 9.59 Å². The molecule has 0 saturated heterocycles. The molecule has 5 heteroatoms. The molecule has 1 aromatic carbocycles. The second-order valence-electron chi connectivity index (χ2n) is 6.11. The standard InChI is InChI=1S/C17H27N3O2/c1-12(2)5-4-6-13(3)20-16(21)15-9-7-14(8-10-15)11-19-17(18)22/h7-10,12-13H,4-6,11H2,1-3H3,(H,20,21)(H3,18,19,22)/t13-/m1/s1. The predicted molar refractivity (Wildman–Crippen MR) is 88.5 cm³/mol. The van der Waals surface area contributed by atoms with E-state index in [2.05, 4.69) is 24.5 Å². The molecule has 0 radical (unpaired) electrons. The summed E-state index contributed by atoms with van der Waals surface area (Å²) in [5.74, 6) is 0.635. The molecule has 0 aliphatic carbocycles. The Labute approximate surface area is 132 Å². The highest BCUT2D eigenvalue weighted by Gasteiger charge is 2.10. The zero-order chi connectivity index (χ0) is 16.5. The fourth-order valence-electron chi connectivity index (χ4n) is 2.17. The van der Waals surface area contributed by atoms with Crippen LogP contribution in [0.1, 0.15) is 56.0 Å². The first kappa shape index (κ1) is 18.0. The van der Waals surface area contributed by atoms with E-state index in [0.29, 0.717) is 18.0 Å². The number of hydrogen-bond donors (Lipinski definition) is 3. The summed E-state index contributed by atoms with van der Waals surface area (Å²) in [6.45, 7) is 6.81. The molecule has 22 heavy (non-hydrogen) atoms. The van der Waals surface area contributed by atoms with Crippen molar-refractivity contribution in [3.63, 3.8) is 0 Å². The molecule has 5 nitrogen and oxygen atoms in total. The Hall–Kier alpha value is -2.04. The third-order valence-electron chi connectivity index (χ3n) is 3.48. The number of amides is 3. The van der Waals surface area contributed by atoms with Crippen LogP contribution in [0.5, 0.6) is 0 Å². The molecule has 4 N–H and O–H groups in total. The van der Waals surface area contributed by atoms with Gasteiger partial charge in [-0.2, -0.15) is 0 Å². The van der Waals surface area contributed by atoms with E-state index in [1.807, 2.05) is 19.1 Å². The van der Waals surface area contributed by atoms with Gasteiger partial charge in [0.2, 0.25) is 0 Å². The molecule has 0 aliphatic rings. The van der Waals surface area contributed by atoms with Gasteiger partial charge in [0.1, 0.15) is 0 Å². The molecule has 0 unspecified atom stereocenters. The molecule has 0 bridgehead atoms. The van der Waals surface area contributed by atoms with Gasteiger partial charge in [0.25, 0.3) is 5.91 Å². The van der Waals surface area contributed by atoms with Crippen LogP contribution >= 0.6 is 0 Å². The van der Waals surface area contributed by atoms with Crippen LogP contribution < -0.4 is 16.4 Å². The lowest BCUT2D eigenvalue weighted by atomic mass is 10.0. The SMILES string of the molecule is CC(C)CCC[C@@H](C)NC(=O)c1ccc(CNC(N)=O)cc1. The smallest absolute Gasteiger partial charge is 0.312 e. The molecule has 0 aromatic heterocycles. The summed E-state index contributed by atoms with van der Waals surface area (Å²) in [5.41, 5.74) is 6.54. The number of carbonyl (C=O) groups excluding carboxylic acids is 2. The van der Waals surface area contributed by atoms with Crippen LogP contribution in [0.2, 0.25) is 0 Å². The number of nitrogens with two attached hydrogens (primary N) is 1. The molecule has 3 amide bonds. The number of primary amides is 1. The summed E-state index contributed by atoms with van der Waals surface area (Å²) in [6, 6.07) is 6.75. The van der Waals surface area contributed by atoms with Crippen molar-refractivity contribution >= 4 is 11.9 Å². The van der Waals surface area contributed by atoms with Gasteiger partial charge in [-0.3, -0.25) is 4.79 Å². The van der Waals surface area contributed by atoms with Crippen LogP contribution in [-0.2, 0) is 6.54 Å². The normalized spacial score (nSPS) is 12.0. The lowest BCUT2D eigenvalue weighted by Gasteiger charge is -2.14. The van der Waals surface area contributed by atoms with Crippen LogP contribution in [-0.4, -0.2) is 18.0 Å². The lowest BCUT2D eigenvalue weighted by molar-refractivity contribution is 0.0937. The minimum Gasteiger partial charge on any atom is -0.352 e. The van der Waals surface area contributed by atoms with E-state index in [1.54, 1.807) is 12.1 Å². The summed E-state index contributed by atoms with van der Waals surface area (Å²) in [7, 11) is 0. The quantitative estimate of drug-likeness (QED) is 0.690. The van der Waals surface area contributed by atoms with Gasteiger partial charge in [0.05, 0.1) is 0 Å². The molecule has 0 aliphatic heterocycles. The Morgan fingerprint density at radius 1 is 1.09 bits per heavy atom. The first-order valence-electron chi connectivity index (χ1n) is 7.81. The van der Waals surface area contributed by atoms with E-state index in [0.717, 1.165) is 18.4 Å². The van der Waals surface area contributed by atoms with Gasteiger partial charge in [-0.1, -0.05) is 38.8 Å². The van der Waals surface area contributed by atoms with E-state index >= 15 is 0 Å². The fourth-order valence-corrected chi connectivity index (χ4v) is 2.17. The summed E-state index contributed by atoms with van der Waals surface area (Å²) < 4.78 is 0. The second-order valence-corrected chi connectivity index (χ2v) is 6.11. The van der Waals surface area contributed by atoms with E-state index in [-0.39, 0.29) is 11.9 Å². The maximum Gasteiger partial charge on any atom is 0.312 e. The zero-order valence-corrected chi connectivity index (χ0v) is 13.7. The van der Waals surface area contributed by atoms with E-state index in [9.17, 15) is 9.59 Å². The molecule has 1 rings (SSSR count). The first-order valence-corrected chi connectivity index (χ1v) is 7.81. The van der Waals surface area contributed by atoms with Gasteiger partial charge in [0, 0.05) is 18.2 Å². The number of rotatable bonds is 8. The summed E-state index contributed by atoms with van der Waals surface area (Å²) in [4.78, 5) is 22.8. The average Bonchev–Trinajstić information content (AvgIpc) is 2.45. The molecule has 1 atom stereocenters. The van der Waals surface area contributed by atoms with Crippen LogP contribution in [0, 0.1) is 5.92 Å². The Bertz CT molecular complexity index is 483. The van der Waals surface area contributed by atoms with Crippen molar-refractivity contribution in [3.8, 4) is 0 Å². The number of nitrogens with one attached hydrogen (secondary N) is 2. The van der Waals surface area contributed by atoms with Gasteiger partial charge < -0.3 is 16.4 Å². The molecule has 0 spiro atoms. The third kappa shape index (κ3) is 7.11. The first-order chi connectivity index (χ1) is 10.4. The minimum atomic E-state index is -0.558. The van der Waals surface area contributed by atoms with E-state index in [1.165, 1.54) is 6.42 Å². The Kier molecular flexibility index (Phi) is 7.43. The topological polar surface area (TPSA) is 84.2 Å². The van der Waals surface area contributed by atoms with Gasteiger partial charge >= 0.3 is 6.03 Å². The van der Waals surface area contributed by atoms with E-state index < -0.39 is 6.03 Å². The summed E-state index contributed by atoms with van der Waals surface area (Å²) >= 11 is 0. The van der Waals surface area contributed by atoms with Crippen molar-refractivity contribution in [3.05, 3.63) is 35.4 Å². The van der Waals surface area contributed by atoms with Gasteiger partial charge in [0.15, 0.2) is 0 Å². The van der Waals surface area contributed by atoms with Crippen LogP contribution in [0.3, 0.4) is 0 Å².